The normalized spacial score (nSPS) is 24.3. The molecule has 1 aliphatic rings. The summed E-state index contributed by atoms with van der Waals surface area (Å²) in [5, 5.41) is 2.77. The molecule has 1 aromatic carbocycles. The Morgan fingerprint density at radius 1 is 1.19 bits per heavy atom. The Hall–Kier alpha value is -1.72. The van der Waals surface area contributed by atoms with Crippen LogP contribution in [0.5, 0.6) is 0 Å². The smallest absolute Gasteiger partial charge is 0.218 e. The summed E-state index contributed by atoms with van der Waals surface area (Å²) in [4.78, 5) is 26.2. The topological polar surface area (TPSA) is 58.6 Å². The first-order valence-electron chi connectivity index (χ1n) is 7.23. The van der Waals surface area contributed by atoms with Gasteiger partial charge < -0.3 is 10.1 Å². The molecule has 1 N–H and O–H groups in total. The van der Waals surface area contributed by atoms with Crippen LogP contribution in [-0.4, -0.2) is 48.1 Å². The molecule has 5 heteroatoms. The number of ketones is 1. The van der Waals surface area contributed by atoms with Gasteiger partial charge in [-0.15, -0.1) is 0 Å². The van der Waals surface area contributed by atoms with Crippen LogP contribution in [0.4, 0.5) is 0 Å². The van der Waals surface area contributed by atoms with Gasteiger partial charge in [-0.25, -0.2) is 0 Å². The third kappa shape index (κ3) is 4.12. The molecule has 0 radical (unpaired) electrons. The van der Waals surface area contributed by atoms with Gasteiger partial charge in [0.15, 0.2) is 5.78 Å². The van der Waals surface area contributed by atoms with Crippen molar-refractivity contribution in [3.63, 3.8) is 0 Å². The zero-order valence-electron chi connectivity index (χ0n) is 12.7. The molecule has 1 aliphatic heterocycles. The highest BCUT2D eigenvalue weighted by atomic mass is 16.5. The average molecular weight is 290 g/mol. The Kier molecular flexibility index (Phi) is 5.09. The molecule has 5 nitrogen and oxygen atoms in total. The quantitative estimate of drug-likeness (QED) is 0.853. The average Bonchev–Trinajstić information content (AvgIpc) is 2.43. The number of rotatable bonds is 4. The van der Waals surface area contributed by atoms with Crippen molar-refractivity contribution in [1.29, 1.82) is 0 Å². The van der Waals surface area contributed by atoms with Crippen LogP contribution < -0.4 is 5.32 Å². The molecule has 114 valence electrons. The van der Waals surface area contributed by atoms with Crippen molar-refractivity contribution in [3.05, 3.63) is 35.9 Å². The molecule has 1 fully saturated rings. The molecule has 0 aliphatic carbocycles. The molecular formula is C16H22N2O3. The maximum atomic E-state index is 12.7. The second kappa shape index (κ2) is 6.83. The highest BCUT2D eigenvalue weighted by Crippen LogP contribution is 2.15. The maximum Gasteiger partial charge on any atom is 0.218 e. The third-order valence-corrected chi connectivity index (χ3v) is 3.46. The van der Waals surface area contributed by atoms with Crippen LogP contribution in [0.3, 0.4) is 0 Å². The Bertz CT molecular complexity index is 494. The first kappa shape index (κ1) is 15.7. The third-order valence-electron chi connectivity index (χ3n) is 3.46. The van der Waals surface area contributed by atoms with Gasteiger partial charge in [-0.05, 0) is 13.8 Å². The summed E-state index contributed by atoms with van der Waals surface area (Å²) < 4.78 is 5.69. The van der Waals surface area contributed by atoms with Crippen molar-refractivity contribution in [2.24, 2.45) is 0 Å². The van der Waals surface area contributed by atoms with Crippen LogP contribution in [0.2, 0.25) is 0 Å². The van der Waals surface area contributed by atoms with Crippen molar-refractivity contribution >= 4 is 11.7 Å². The minimum Gasteiger partial charge on any atom is -0.373 e. The fourth-order valence-electron chi connectivity index (χ4n) is 2.70. The standard InChI is InChI=1S/C16H22N2O3/c1-11-9-18(10-12(2)21-11)16(17-13(3)19)15(20)14-7-5-4-6-8-14/h4-8,11-12,16H,9-10H2,1-3H3,(H,17,19). The van der Waals surface area contributed by atoms with Crippen molar-refractivity contribution in [3.8, 4) is 0 Å². The lowest BCUT2D eigenvalue weighted by Gasteiger charge is -2.39. The number of nitrogens with zero attached hydrogens (tertiary/aromatic N) is 1. The van der Waals surface area contributed by atoms with Crippen molar-refractivity contribution in [2.75, 3.05) is 13.1 Å². The molecule has 1 heterocycles. The largest absolute Gasteiger partial charge is 0.373 e. The van der Waals surface area contributed by atoms with E-state index in [4.69, 9.17) is 4.74 Å². The number of ether oxygens (including phenoxy) is 1. The zero-order chi connectivity index (χ0) is 15.4. The highest BCUT2D eigenvalue weighted by molar-refractivity contribution is 6.01. The summed E-state index contributed by atoms with van der Waals surface area (Å²) in [5.41, 5.74) is 0.600. The van der Waals surface area contributed by atoms with Gasteiger partial charge >= 0.3 is 0 Å². The molecule has 21 heavy (non-hydrogen) atoms. The molecular weight excluding hydrogens is 268 g/mol. The van der Waals surface area contributed by atoms with Crippen LogP contribution >= 0.6 is 0 Å². The lowest BCUT2D eigenvalue weighted by Crippen LogP contribution is -2.59. The van der Waals surface area contributed by atoms with E-state index in [2.05, 4.69) is 5.32 Å². The van der Waals surface area contributed by atoms with Gasteiger partial charge in [-0.2, -0.15) is 0 Å². The molecule has 1 saturated heterocycles. The van der Waals surface area contributed by atoms with Crippen LogP contribution in [-0.2, 0) is 9.53 Å². The number of hydrogen-bond donors (Lipinski definition) is 1. The molecule has 1 aromatic rings. The SMILES string of the molecule is CC(=O)NC(C(=O)c1ccccc1)N1CC(C)OC(C)C1. The van der Waals surface area contributed by atoms with Crippen LogP contribution in [0, 0.1) is 0 Å². The van der Waals surface area contributed by atoms with Gasteiger partial charge in [0.05, 0.1) is 12.2 Å². The van der Waals surface area contributed by atoms with E-state index in [9.17, 15) is 9.59 Å². The van der Waals surface area contributed by atoms with Gasteiger partial charge in [0.1, 0.15) is 6.17 Å². The van der Waals surface area contributed by atoms with E-state index >= 15 is 0 Å². The Balaban J connectivity index is 2.21. The Morgan fingerprint density at radius 3 is 2.29 bits per heavy atom. The summed E-state index contributed by atoms with van der Waals surface area (Å²) in [5.74, 6) is -0.303. The van der Waals surface area contributed by atoms with E-state index in [1.807, 2.05) is 36.9 Å². The lowest BCUT2D eigenvalue weighted by molar-refractivity contribution is -0.123. The maximum absolute atomic E-state index is 12.7. The summed E-state index contributed by atoms with van der Waals surface area (Å²) in [6.07, 6.45) is -0.569. The fraction of sp³-hybridized carbons (Fsp3) is 0.500. The van der Waals surface area contributed by atoms with Crippen molar-refractivity contribution in [1.82, 2.24) is 10.2 Å². The number of amides is 1. The predicted molar refractivity (Wildman–Crippen MR) is 80.0 cm³/mol. The molecule has 1 amide bonds. The molecule has 0 aromatic heterocycles. The van der Waals surface area contributed by atoms with Gasteiger partial charge in [0.25, 0.3) is 0 Å². The second-order valence-electron chi connectivity index (χ2n) is 5.54. The highest BCUT2D eigenvalue weighted by Gasteiger charge is 2.33. The van der Waals surface area contributed by atoms with Gasteiger partial charge in [-0.1, -0.05) is 30.3 Å². The zero-order valence-corrected chi connectivity index (χ0v) is 12.7. The first-order chi connectivity index (χ1) is 9.97. The number of carbonyl (C=O) groups excluding carboxylic acids is 2. The number of carbonyl (C=O) groups is 2. The predicted octanol–water partition coefficient (Wildman–Crippen LogP) is 1.44. The number of hydrogen-bond acceptors (Lipinski definition) is 4. The van der Waals surface area contributed by atoms with Gasteiger partial charge in [0, 0.05) is 25.6 Å². The molecule has 0 bridgehead atoms. The first-order valence-corrected chi connectivity index (χ1v) is 7.23. The molecule has 3 unspecified atom stereocenters. The molecule has 0 saturated carbocycles. The fourth-order valence-corrected chi connectivity index (χ4v) is 2.70. The van der Waals surface area contributed by atoms with Gasteiger partial charge in [0.2, 0.25) is 5.91 Å². The Labute approximate surface area is 125 Å². The second-order valence-corrected chi connectivity index (χ2v) is 5.54. The number of morpholine rings is 1. The monoisotopic (exact) mass is 290 g/mol. The minimum atomic E-state index is -0.640. The number of nitrogens with one attached hydrogen (secondary N) is 1. The van der Waals surface area contributed by atoms with E-state index in [1.54, 1.807) is 12.1 Å². The summed E-state index contributed by atoms with van der Waals surface area (Å²) in [7, 11) is 0. The van der Waals surface area contributed by atoms with E-state index in [0.29, 0.717) is 18.7 Å². The summed E-state index contributed by atoms with van der Waals surface area (Å²) in [6.45, 7) is 6.61. The number of Topliss-reactive ketones (excluding diaryl/α,β-unsaturated/α-hetero) is 1. The molecule has 0 spiro atoms. The van der Waals surface area contributed by atoms with Crippen molar-refractivity contribution < 1.29 is 14.3 Å². The number of benzene rings is 1. The van der Waals surface area contributed by atoms with E-state index < -0.39 is 6.17 Å². The van der Waals surface area contributed by atoms with E-state index in [0.717, 1.165) is 0 Å². The van der Waals surface area contributed by atoms with E-state index in [1.165, 1.54) is 6.92 Å². The molecule has 3 atom stereocenters. The van der Waals surface area contributed by atoms with Crippen LogP contribution in [0.1, 0.15) is 31.1 Å². The van der Waals surface area contributed by atoms with Gasteiger partial charge in [-0.3, -0.25) is 14.5 Å². The van der Waals surface area contributed by atoms with Crippen molar-refractivity contribution in [2.45, 2.75) is 39.1 Å². The minimum absolute atomic E-state index is 0.0357. The lowest BCUT2D eigenvalue weighted by atomic mass is 10.1. The Morgan fingerprint density at radius 2 is 1.76 bits per heavy atom. The molecule has 2 rings (SSSR count). The van der Waals surface area contributed by atoms with E-state index in [-0.39, 0.29) is 23.9 Å². The summed E-state index contributed by atoms with van der Waals surface area (Å²) in [6, 6.07) is 9.04. The van der Waals surface area contributed by atoms with Crippen LogP contribution in [0.15, 0.2) is 30.3 Å². The summed E-state index contributed by atoms with van der Waals surface area (Å²) >= 11 is 0. The van der Waals surface area contributed by atoms with Crippen LogP contribution in [0.25, 0.3) is 0 Å².